The van der Waals surface area contributed by atoms with E-state index in [0.29, 0.717) is 31.2 Å². The predicted octanol–water partition coefficient (Wildman–Crippen LogP) is 2.85. The molecule has 2 aromatic rings. The number of amides is 2. The summed E-state index contributed by atoms with van der Waals surface area (Å²) >= 11 is 0. The van der Waals surface area contributed by atoms with Crippen LogP contribution >= 0.6 is 0 Å². The fraction of sp³-hybridized carbons (Fsp3) is 0.476. The summed E-state index contributed by atoms with van der Waals surface area (Å²) in [5, 5.41) is 5.84. The second-order valence-electron chi connectivity index (χ2n) is 7.14. The number of aryl methyl sites for hydroxylation is 1. The van der Waals surface area contributed by atoms with Gasteiger partial charge in [0, 0.05) is 32.5 Å². The Morgan fingerprint density at radius 3 is 2.82 bits per heavy atom. The molecule has 2 amide bonds. The average Bonchev–Trinajstić information content (AvgIpc) is 3.08. The van der Waals surface area contributed by atoms with Crippen molar-refractivity contribution in [2.45, 2.75) is 46.1 Å². The number of ether oxygens (including phenoxy) is 1. The Balaban J connectivity index is 1.83. The fourth-order valence-electron chi connectivity index (χ4n) is 3.47. The van der Waals surface area contributed by atoms with Crippen molar-refractivity contribution < 1.29 is 14.3 Å². The van der Waals surface area contributed by atoms with Crippen LogP contribution < -0.4 is 10.6 Å². The number of fused-ring (bicyclic) bond motifs is 1. The van der Waals surface area contributed by atoms with Gasteiger partial charge in [-0.05, 0) is 56.7 Å². The number of aromatic nitrogens is 2. The summed E-state index contributed by atoms with van der Waals surface area (Å²) in [6.45, 7) is 5.79. The highest BCUT2D eigenvalue weighted by atomic mass is 16.5. The molecule has 0 saturated heterocycles. The number of nitrogens with zero attached hydrogens (tertiary/aromatic N) is 2. The van der Waals surface area contributed by atoms with Crippen LogP contribution in [0.15, 0.2) is 18.2 Å². The van der Waals surface area contributed by atoms with Gasteiger partial charge < -0.3 is 19.9 Å². The van der Waals surface area contributed by atoms with Crippen molar-refractivity contribution in [2.75, 3.05) is 25.6 Å². The molecular formula is C21H28N4O3. The summed E-state index contributed by atoms with van der Waals surface area (Å²) in [6.07, 6.45) is 3.46. The number of rotatable bonds is 7. The molecule has 28 heavy (non-hydrogen) atoms. The zero-order valence-corrected chi connectivity index (χ0v) is 16.8. The fourth-order valence-corrected chi connectivity index (χ4v) is 3.47. The lowest BCUT2D eigenvalue weighted by atomic mass is 10.1. The summed E-state index contributed by atoms with van der Waals surface area (Å²) in [5.74, 6) is -0.208. The Kier molecular flexibility index (Phi) is 6.46. The lowest BCUT2D eigenvalue weighted by Gasteiger charge is -2.17. The van der Waals surface area contributed by atoms with Gasteiger partial charge in [0.2, 0.25) is 0 Å². The van der Waals surface area contributed by atoms with E-state index in [4.69, 9.17) is 4.74 Å². The number of carbonyl (C=O) groups excluding carboxylic acids is 2. The first-order valence-corrected chi connectivity index (χ1v) is 9.77. The van der Waals surface area contributed by atoms with Gasteiger partial charge in [-0.2, -0.15) is 0 Å². The largest absolute Gasteiger partial charge is 0.385 e. The summed E-state index contributed by atoms with van der Waals surface area (Å²) in [5.41, 5.74) is 4.12. The summed E-state index contributed by atoms with van der Waals surface area (Å²) < 4.78 is 6.90. The first-order valence-electron chi connectivity index (χ1n) is 9.77. The molecule has 0 bridgehead atoms. The molecule has 0 spiro atoms. The normalized spacial score (nSPS) is 13.1. The maximum absolute atomic E-state index is 12.9. The monoisotopic (exact) mass is 384 g/mol. The van der Waals surface area contributed by atoms with Crippen molar-refractivity contribution in [3.05, 3.63) is 46.5 Å². The van der Waals surface area contributed by atoms with Gasteiger partial charge in [-0.3, -0.25) is 9.59 Å². The topological polar surface area (TPSA) is 85.2 Å². The number of benzene rings is 1. The van der Waals surface area contributed by atoms with Gasteiger partial charge in [0.15, 0.2) is 5.82 Å². The van der Waals surface area contributed by atoms with E-state index in [2.05, 4.69) is 15.6 Å². The lowest BCUT2D eigenvalue weighted by molar-refractivity contribution is 0.0942. The molecule has 0 aliphatic carbocycles. The molecule has 150 valence electrons. The Bertz CT molecular complexity index is 873. The van der Waals surface area contributed by atoms with E-state index in [1.165, 1.54) is 0 Å². The molecule has 0 radical (unpaired) electrons. The van der Waals surface area contributed by atoms with Crippen LogP contribution in [0.25, 0.3) is 0 Å². The third kappa shape index (κ3) is 4.25. The minimum atomic E-state index is -0.282. The van der Waals surface area contributed by atoms with E-state index in [1.54, 1.807) is 7.11 Å². The van der Waals surface area contributed by atoms with E-state index in [9.17, 15) is 9.59 Å². The van der Waals surface area contributed by atoms with Crippen molar-refractivity contribution in [3.63, 3.8) is 0 Å². The van der Waals surface area contributed by atoms with Crippen molar-refractivity contribution >= 4 is 17.5 Å². The Labute approximate surface area is 165 Å². The van der Waals surface area contributed by atoms with Crippen molar-refractivity contribution in [1.29, 1.82) is 0 Å². The lowest BCUT2D eigenvalue weighted by Crippen LogP contribution is -2.27. The third-order valence-corrected chi connectivity index (χ3v) is 5.20. The number of nitrogens with one attached hydrogen (secondary N) is 2. The summed E-state index contributed by atoms with van der Waals surface area (Å²) in [7, 11) is 1.63. The second kappa shape index (κ2) is 9.01. The highest BCUT2D eigenvalue weighted by Gasteiger charge is 2.27. The standard InChI is InChI=1S/C21H28N4O3/c1-14-8-6-9-16(15(14)2)23-21(27)19-24-18(17-10-4-5-12-25(17)19)20(26)22-11-7-13-28-3/h6,8-9H,4-5,7,10-13H2,1-3H3,(H,22,26)(H,23,27). The molecule has 1 aliphatic heterocycles. The number of hydrogen-bond acceptors (Lipinski definition) is 4. The molecular weight excluding hydrogens is 356 g/mol. The number of hydrogen-bond donors (Lipinski definition) is 2. The van der Waals surface area contributed by atoms with Crippen LogP contribution in [0.5, 0.6) is 0 Å². The van der Waals surface area contributed by atoms with Crippen LogP contribution in [-0.4, -0.2) is 41.6 Å². The molecule has 7 nitrogen and oxygen atoms in total. The van der Waals surface area contributed by atoms with Crippen LogP contribution in [0.4, 0.5) is 5.69 Å². The van der Waals surface area contributed by atoms with Crippen molar-refractivity contribution in [3.8, 4) is 0 Å². The first-order chi connectivity index (χ1) is 13.5. The Morgan fingerprint density at radius 2 is 2.04 bits per heavy atom. The van der Waals surface area contributed by atoms with Gasteiger partial charge >= 0.3 is 0 Å². The summed E-state index contributed by atoms with van der Waals surface area (Å²) in [4.78, 5) is 30.0. The molecule has 2 N–H and O–H groups in total. The highest BCUT2D eigenvalue weighted by Crippen LogP contribution is 2.23. The Hall–Kier alpha value is -2.67. The first kappa shape index (κ1) is 20.1. The molecule has 0 unspecified atom stereocenters. The molecule has 3 rings (SSSR count). The van der Waals surface area contributed by atoms with Crippen LogP contribution in [0.1, 0.15) is 57.2 Å². The molecule has 2 heterocycles. The molecule has 1 aromatic carbocycles. The van der Waals surface area contributed by atoms with Gasteiger partial charge in [0.25, 0.3) is 11.8 Å². The van der Waals surface area contributed by atoms with Gasteiger partial charge in [-0.25, -0.2) is 4.98 Å². The van der Waals surface area contributed by atoms with E-state index < -0.39 is 0 Å². The van der Waals surface area contributed by atoms with Gasteiger partial charge in [0.1, 0.15) is 5.69 Å². The highest BCUT2D eigenvalue weighted by molar-refractivity contribution is 6.04. The van der Waals surface area contributed by atoms with Crippen LogP contribution in [-0.2, 0) is 17.7 Å². The molecule has 7 heteroatoms. The SMILES string of the molecule is COCCCNC(=O)c1nc(C(=O)Nc2cccc(C)c2C)n2c1CCCC2. The zero-order chi connectivity index (χ0) is 20.1. The maximum atomic E-state index is 12.9. The predicted molar refractivity (Wildman–Crippen MR) is 108 cm³/mol. The molecule has 0 atom stereocenters. The van der Waals surface area contributed by atoms with E-state index >= 15 is 0 Å². The second-order valence-corrected chi connectivity index (χ2v) is 7.14. The molecule has 0 fully saturated rings. The zero-order valence-electron chi connectivity index (χ0n) is 16.8. The van der Waals surface area contributed by atoms with Gasteiger partial charge in [0.05, 0.1) is 5.69 Å². The van der Waals surface area contributed by atoms with Crippen molar-refractivity contribution in [1.82, 2.24) is 14.9 Å². The van der Waals surface area contributed by atoms with E-state index in [-0.39, 0.29) is 11.8 Å². The van der Waals surface area contributed by atoms with Crippen LogP contribution in [0.3, 0.4) is 0 Å². The smallest absolute Gasteiger partial charge is 0.291 e. The molecule has 0 saturated carbocycles. The average molecular weight is 384 g/mol. The van der Waals surface area contributed by atoms with E-state index in [0.717, 1.165) is 48.2 Å². The summed E-state index contributed by atoms with van der Waals surface area (Å²) in [6, 6.07) is 5.80. The number of methoxy groups -OCH3 is 1. The minimum Gasteiger partial charge on any atom is -0.385 e. The Morgan fingerprint density at radius 1 is 1.21 bits per heavy atom. The quantitative estimate of drug-likeness (QED) is 0.719. The number of imidazole rings is 1. The van der Waals surface area contributed by atoms with E-state index in [1.807, 2.05) is 36.6 Å². The van der Waals surface area contributed by atoms with Crippen LogP contribution in [0, 0.1) is 13.8 Å². The van der Waals surface area contributed by atoms with Gasteiger partial charge in [-0.15, -0.1) is 0 Å². The van der Waals surface area contributed by atoms with Crippen molar-refractivity contribution in [2.24, 2.45) is 0 Å². The minimum absolute atomic E-state index is 0.229. The maximum Gasteiger partial charge on any atom is 0.291 e. The molecule has 1 aromatic heterocycles. The van der Waals surface area contributed by atoms with Gasteiger partial charge in [-0.1, -0.05) is 12.1 Å². The number of anilines is 1. The van der Waals surface area contributed by atoms with Crippen LogP contribution in [0.2, 0.25) is 0 Å². The number of carbonyl (C=O) groups is 2. The third-order valence-electron chi connectivity index (χ3n) is 5.20. The molecule has 1 aliphatic rings.